The summed E-state index contributed by atoms with van der Waals surface area (Å²) in [6.45, 7) is 12.4. The number of carbonyl (C=O) groups excluding carboxylic acids is 2. The second-order valence-electron chi connectivity index (χ2n) is 10.8. The summed E-state index contributed by atoms with van der Waals surface area (Å²) >= 11 is 1.55. The third kappa shape index (κ3) is 7.96. The fourth-order valence-corrected chi connectivity index (χ4v) is 5.93. The summed E-state index contributed by atoms with van der Waals surface area (Å²) in [5.74, 6) is -1.09. The molecule has 2 N–H and O–H groups in total. The number of aromatic nitrogens is 3. The van der Waals surface area contributed by atoms with Gasteiger partial charge >= 0.3 is 0 Å². The zero-order chi connectivity index (χ0) is 31.1. The summed E-state index contributed by atoms with van der Waals surface area (Å²) in [6, 6.07) is 4.14. The van der Waals surface area contributed by atoms with E-state index in [1.807, 2.05) is 53.7 Å². The van der Waals surface area contributed by atoms with Gasteiger partial charge in [0.15, 0.2) is 12.1 Å². The summed E-state index contributed by atoms with van der Waals surface area (Å²) in [4.78, 5) is 38.6. The lowest BCUT2D eigenvalue weighted by molar-refractivity contribution is -0.153. The van der Waals surface area contributed by atoms with Crippen LogP contribution in [-0.4, -0.2) is 81.7 Å². The molecule has 4 atom stereocenters. The molecule has 4 rings (SSSR count). The number of aliphatic hydroxyl groups excluding tert-OH is 1. The third-order valence-corrected chi connectivity index (χ3v) is 8.26. The van der Waals surface area contributed by atoms with Gasteiger partial charge in [-0.05, 0) is 44.8 Å². The van der Waals surface area contributed by atoms with E-state index in [4.69, 9.17) is 18.7 Å². The molecule has 43 heavy (non-hydrogen) atoms. The van der Waals surface area contributed by atoms with Crippen molar-refractivity contribution in [3.05, 3.63) is 47.1 Å². The third-order valence-electron chi connectivity index (χ3n) is 7.28. The molecule has 13 heteroatoms. The van der Waals surface area contributed by atoms with Crippen LogP contribution in [0.15, 0.2) is 34.4 Å². The van der Waals surface area contributed by atoms with E-state index in [1.165, 1.54) is 4.90 Å². The molecule has 0 aromatic carbocycles. The summed E-state index contributed by atoms with van der Waals surface area (Å²) < 4.78 is 22.2. The molecule has 0 radical (unpaired) electrons. The van der Waals surface area contributed by atoms with Gasteiger partial charge in [-0.1, -0.05) is 19.9 Å². The first kappa shape index (κ1) is 32.5. The van der Waals surface area contributed by atoms with Crippen LogP contribution in [0.25, 0.3) is 10.4 Å². The fraction of sp³-hybridized carbons (Fsp3) is 0.567. The molecule has 3 aromatic heterocycles. The molecule has 0 spiro atoms. The Hall–Kier alpha value is -3.39. The van der Waals surface area contributed by atoms with Crippen molar-refractivity contribution in [2.24, 2.45) is 5.92 Å². The van der Waals surface area contributed by atoms with E-state index in [9.17, 15) is 14.7 Å². The van der Waals surface area contributed by atoms with Gasteiger partial charge in [-0.2, -0.15) is 0 Å². The van der Waals surface area contributed by atoms with Crippen LogP contribution in [-0.2, 0) is 19.1 Å². The number of nitrogens with zero attached hydrogens (tertiary/aromatic N) is 4. The van der Waals surface area contributed by atoms with Crippen molar-refractivity contribution in [3.8, 4) is 16.3 Å². The van der Waals surface area contributed by atoms with E-state index in [0.717, 1.165) is 16.1 Å². The van der Waals surface area contributed by atoms with Crippen molar-refractivity contribution in [1.82, 2.24) is 25.3 Å². The van der Waals surface area contributed by atoms with Gasteiger partial charge in [0.1, 0.15) is 18.6 Å². The monoisotopic (exact) mass is 615 g/mol. The van der Waals surface area contributed by atoms with Crippen LogP contribution >= 0.6 is 11.3 Å². The minimum Gasteiger partial charge on any atom is -0.470 e. The van der Waals surface area contributed by atoms with Crippen LogP contribution in [0.2, 0.25) is 0 Å². The first-order valence-electron chi connectivity index (χ1n) is 14.6. The lowest BCUT2D eigenvalue weighted by atomic mass is 9.91. The fourth-order valence-electron chi connectivity index (χ4n) is 5.13. The zero-order valence-electron chi connectivity index (χ0n) is 25.5. The Balaban J connectivity index is 1.43. The highest BCUT2D eigenvalue weighted by atomic mass is 32.1. The predicted molar refractivity (Wildman–Crippen MR) is 159 cm³/mol. The molecule has 234 valence electrons. The topological polar surface area (TPSA) is 149 Å². The number of hydrogen-bond acceptors (Lipinski definition) is 11. The highest BCUT2D eigenvalue weighted by Gasteiger charge is 2.43. The maximum atomic E-state index is 13.9. The summed E-state index contributed by atoms with van der Waals surface area (Å²) in [5, 5.41) is 17.4. The van der Waals surface area contributed by atoms with Gasteiger partial charge in [0, 0.05) is 44.0 Å². The van der Waals surface area contributed by atoms with Crippen molar-refractivity contribution in [1.29, 1.82) is 0 Å². The molecular formula is C30H41N5O7S. The molecule has 0 bridgehead atoms. The molecule has 1 aliphatic heterocycles. The number of thiazole rings is 1. The second kappa shape index (κ2) is 14.9. The number of ether oxygens (including phenoxy) is 3. The maximum Gasteiger partial charge on any atom is 0.254 e. The van der Waals surface area contributed by atoms with E-state index >= 15 is 0 Å². The molecule has 1 saturated heterocycles. The number of hydrogen-bond donors (Lipinski definition) is 2. The molecule has 2 amide bonds. The number of aryl methyl sites for hydroxylation is 1. The molecule has 0 aliphatic carbocycles. The van der Waals surface area contributed by atoms with Crippen molar-refractivity contribution in [2.75, 3.05) is 26.4 Å². The largest absolute Gasteiger partial charge is 0.470 e. The Morgan fingerprint density at radius 2 is 1.93 bits per heavy atom. The molecule has 2 unspecified atom stereocenters. The average molecular weight is 616 g/mol. The number of carbonyl (C=O) groups is 2. The number of rotatable bonds is 14. The van der Waals surface area contributed by atoms with E-state index in [0.29, 0.717) is 24.7 Å². The van der Waals surface area contributed by atoms with Crippen LogP contribution in [0.5, 0.6) is 5.88 Å². The Kier molecular flexibility index (Phi) is 11.2. The van der Waals surface area contributed by atoms with Gasteiger partial charge < -0.3 is 34.1 Å². The Labute approximate surface area is 255 Å². The number of nitrogens with one attached hydrogen (secondary N) is 1. The Bertz CT molecular complexity index is 1340. The van der Waals surface area contributed by atoms with Crippen molar-refractivity contribution < 1.29 is 33.4 Å². The molecule has 0 saturated carbocycles. The summed E-state index contributed by atoms with van der Waals surface area (Å²) in [7, 11) is 0. The second-order valence-corrected chi connectivity index (χ2v) is 11.7. The minimum atomic E-state index is -0.845. The smallest absolute Gasteiger partial charge is 0.254 e. The van der Waals surface area contributed by atoms with E-state index in [1.54, 1.807) is 29.1 Å². The van der Waals surface area contributed by atoms with Crippen LogP contribution in [0, 0.1) is 12.8 Å². The van der Waals surface area contributed by atoms with Crippen molar-refractivity contribution in [2.45, 2.75) is 78.4 Å². The number of likely N-dealkylation sites (tertiary alicyclic amines) is 1. The standard InChI is InChI=1S/C30H41N5O7S/c1-7-39-26(40-8-2)15-41-25-12-24(42-34-25)27(17(3)4)30(38)35-14-21(36)11-23(35)29(37)33-18(5)22-10-9-20(13-31-22)28-19(6)32-16-43-28/h9-10,12-13,16-18,21,23,26-27,36H,7-8,11,14-15H2,1-6H3,(H,33,37)/t18?,21-,23+,27?/m1/s1. The quantitative estimate of drug-likeness (QED) is 0.256. The minimum absolute atomic E-state index is 0.0392. The number of aliphatic hydroxyl groups is 1. The van der Waals surface area contributed by atoms with E-state index in [-0.39, 0.29) is 43.2 Å². The van der Waals surface area contributed by atoms with Crippen LogP contribution in [0.4, 0.5) is 0 Å². The summed E-state index contributed by atoms with van der Waals surface area (Å²) in [6.07, 6.45) is 0.517. The van der Waals surface area contributed by atoms with Crippen molar-refractivity contribution in [3.63, 3.8) is 0 Å². The van der Waals surface area contributed by atoms with Crippen LogP contribution < -0.4 is 10.1 Å². The van der Waals surface area contributed by atoms with Gasteiger partial charge in [0.05, 0.1) is 33.9 Å². The van der Waals surface area contributed by atoms with Gasteiger partial charge in [0.2, 0.25) is 11.8 Å². The molecule has 12 nitrogen and oxygen atoms in total. The molecule has 1 fully saturated rings. The maximum absolute atomic E-state index is 13.9. The van der Waals surface area contributed by atoms with Crippen LogP contribution in [0.1, 0.15) is 70.1 Å². The highest BCUT2D eigenvalue weighted by Crippen LogP contribution is 2.33. The van der Waals surface area contributed by atoms with E-state index in [2.05, 4.69) is 20.4 Å². The first-order chi connectivity index (χ1) is 20.6. The Morgan fingerprint density at radius 3 is 2.53 bits per heavy atom. The van der Waals surface area contributed by atoms with Crippen molar-refractivity contribution >= 4 is 23.2 Å². The highest BCUT2D eigenvalue weighted by molar-refractivity contribution is 7.13. The lowest BCUT2D eigenvalue weighted by Gasteiger charge is -2.29. The predicted octanol–water partition coefficient (Wildman–Crippen LogP) is 3.86. The lowest BCUT2D eigenvalue weighted by Crippen LogP contribution is -2.48. The van der Waals surface area contributed by atoms with Gasteiger partial charge in [-0.3, -0.25) is 14.6 Å². The molecule has 1 aliphatic rings. The average Bonchev–Trinajstić information content (AvgIpc) is 3.72. The SMILES string of the molecule is CCOC(COc1cc(C(C(=O)N2C[C@H](O)C[C@H]2C(=O)NC(C)c2ccc(-c3scnc3C)cn2)C(C)C)on1)OCC. The van der Waals surface area contributed by atoms with Gasteiger partial charge in [-0.15, -0.1) is 11.3 Å². The van der Waals surface area contributed by atoms with Crippen LogP contribution in [0.3, 0.4) is 0 Å². The number of amides is 2. The first-order valence-corrected chi connectivity index (χ1v) is 15.5. The van der Waals surface area contributed by atoms with Gasteiger partial charge in [-0.25, -0.2) is 4.98 Å². The molecular weight excluding hydrogens is 574 g/mol. The number of β-amino-alcohol motifs (C(OH)–C–C–N with tert-alkyl or cyclic N) is 1. The van der Waals surface area contributed by atoms with Gasteiger partial charge in [0.25, 0.3) is 5.88 Å². The zero-order valence-corrected chi connectivity index (χ0v) is 26.3. The number of pyridine rings is 1. The van der Waals surface area contributed by atoms with E-state index < -0.39 is 30.4 Å². The normalized spacial score (nSPS) is 18.3. The summed E-state index contributed by atoms with van der Waals surface area (Å²) in [5.41, 5.74) is 4.38. The molecule has 3 aromatic rings. The molecule has 4 heterocycles. The Morgan fingerprint density at radius 1 is 1.19 bits per heavy atom.